The third-order valence-electron chi connectivity index (χ3n) is 0.369. The van der Waals surface area contributed by atoms with E-state index in [2.05, 4.69) is 0 Å². The van der Waals surface area contributed by atoms with Crippen LogP contribution in [0.15, 0.2) is 11.9 Å². The molecular formula is C3H7NO2P+. The van der Waals surface area contributed by atoms with Crippen LogP contribution < -0.4 is 5.73 Å². The Bertz CT molecular complexity index is 90.9. The Hall–Kier alpha value is -0.240. The molecule has 3 nitrogen and oxygen atoms in total. The summed E-state index contributed by atoms with van der Waals surface area (Å²) in [5.74, 6) is 1.16. The summed E-state index contributed by atoms with van der Waals surface area (Å²) in [4.78, 5) is 8.05. The number of hydrogen-bond donors (Lipinski definition) is 2. The van der Waals surface area contributed by atoms with Crippen molar-refractivity contribution in [2.75, 3.05) is 6.54 Å². The number of nitrogens with two attached hydrogens (primary N) is 1. The van der Waals surface area contributed by atoms with E-state index in [9.17, 15) is 4.57 Å². The van der Waals surface area contributed by atoms with Gasteiger partial charge in [-0.25, -0.2) is 0 Å². The average Bonchev–Trinajstić information content (AvgIpc) is 1.61. The van der Waals surface area contributed by atoms with Crippen molar-refractivity contribution in [1.82, 2.24) is 0 Å². The minimum Gasteiger partial charge on any atom is -0.327 e. The fourth-order valence-corrected chi connectivity index (χ4v) is 0.453. The Morgan fingerprint density at radius 3 is 2.57 bits per heavy atom. The van der Waals surface area contributed by atoms with Gasteiger partial charge in [-0.15, -0.1) is 0 Å². The molecule has 0 heterocycles. The molecule has 0 rings (SSSR count). The van der Waals surface area contributed by atoms with Gasteiger partial charge in [0.05, 0.1) is 0 Å². The fraction of sp³-hybridized carbons (Fsp3) is 0.333. The normalized spacial score (nSPS) is 12.6. The Morgan fingerprint density at radius 2 is 2.43 bits per heavy atom. The molecule has 0 saturated carbocycles. The van der Waals surface area contributed by atoms with Crippen LogP contribution in [0.2, 0.25) is 0 Å². The second kappa shape index (κ2) is 3.93. The van der Waals surface area contributed by atoms with E-state index in [4.69, 9.17) is 10.6 Å². The first-order valence-corrected chi connectivity index (χ1v) is 3.07. The molecule has 0 bridgehead atoms. The van der Waals surface area contributed by atoms with Crippen molar-refractivity contribution >= 4 is 8.03 Å². The standard InChI is InChI=1S/C3H6NO2P/c4-2-1-3-7(5)6/h1,3H,2,4H2/p+1. The first kappa shape index (κ1) is 6.76. The molecule has 3 N–H and O–H groups in total. The van der Waals surface area contributed by atoms with Gasteiger partial charge in [0.2, 0.25) is 0 Å². The summed E-state index contributed by atoms with van der Waals surface area (Å²) in [6.45, 7) is 0.321. The zero-order valence-corrected chi connectivity index (χ0v) is 4.64. The molecule has 0 fully saturated rings. The summed E-state index contributed by atoms with van der Waals surface area (Å²) >= 11 is 0. The topological polar surface area (TPSA) is 63.3 Å². The van der Waals surface area contributed by atoms with Gasteiger partial charge in [-0.2, -0.15) is 4.89 Å². The van der Waals surface area contributed by atoms with Gasteiger partial charge in [-0.1, -0.05) is 0 Å². The van der Waals surface area contributed by atoms with E-state index in [1.54, 1.807) is 0 Å². The summed E-state index contributed by atoms with van der Waals surface area (Å²) in [6.07, 6.45) is 1.44. The molecule has 0 spiro atoms. The molecule has 0 saturated heterocycles. The number of rotatable bonds is 2. The molecule has 0 radical (unpaired) electrons. The van der Waals surface area contributed by atoms with Crippen LogP contribution in [-0.2, 0) is 4.57 Å². The van der Waals surface area contributed by atoms with Gasteiger partial charge in [-0.3, -0.25) is 0 Å². The lowest BCUT2D eigenvalue weighted by Gasteiger charge is -1.64. The summed E-state index contributed by atoms with van der Waals surface area (Å²) < 4.78 is 9.76. The summed E-state index contributed by atoms with van der Waals surface area (Å²) in [6, 6.07) is 0. The van der Waals surface area contributed by atoms with Crippen LogP contribution in [0.25, 0.3) is 0 Å². The molecule has 0 aromatic heterocycles. The predicted molar refractivity (Wildman–Crippen MR) is 28.0 cm³/mol. The zero-order valence-electron chi connectivity index (χ0n) is 3.74. The van der Waals surface area contributed by atoms with E-state index in [-0.39, 0.29) is 0 Å². The molecule has 40 valence electrons. The van der Waals surface area contributed by atoms with Crippen molar-refractivity contribution in [1.29, 1.82) is 0 Å². The van der Waals surface area contributed by atoms with Crippen molar-refractivity contribution in [3.8, 4) is 0 Å². The van der Waals surface area contributed by atoms with Crippen LogP contribution in [0.1, 0.15) is 0 Å². The molecule has 0 aromatic rings. The van der Waals surface area contributed by atoms with E-state index in [0.29, 0.717) is 6.54 Å². The molecule has 0 aromatic carbocycles. The third kappa shape index (κ3) is 5.76. The van der Waals surface area contributed by atoms with Gasteiger partial charge in [-0.05, 0) is 10.6 Å². The van der Waals surface area contributed by atoms with Crippen LogP contribution >= 0.6 is 8.03 Å². The highest BCUT2D eigenvalue weighted by atomic mass is 31.1. The van der Waals surface area contributed by atoms with E-state index in [1.807, 2.05) is 0 Å². The molecule has 1 unspecified atom stereocenters. The second-order valence-corrected chi connectivity index (χ2v) is 1.83. The maximum absolute atomic E-state index is 9.76. The van der Waals surface area contributed by atoms with Gasteiger partial charge in [0, 0.05) is 6.54 Å². The van der Waals surface area contributed by atoms with Crippen molar-refractivity contribution in [3.63, 3.8) is 0 Å². The van der Waals surface area contributed by atoms with Crippen LogP contribution in [0, 0.1) is 0 Å². The second-order valence-electron chi connectivity index (χ2n) is 0.923. The van der Waals surface area contributed by atoms with Crippen LogP contribution in [0.3, 0.4) is 0 Å². The predicted octanol–water partition coefficient (Wildman–Crippen LogP) is 0.194. The lowest BCUT2D eigenvalue weighted by molar-refractivity contribution is 0.512. The maximum atomic E-state index is 9.76. The van der Waals surface area contributed by atoms with Gasteiger partial charge in [0.1, 0.15) is 0 Å². The van der Waals surface area contributed by atoms with Crippen molar-refractivity contribution in [2.45, 2.75) is 0 Å². The van der Waals surface area contributed by atoms with Gasteiger partial charge in [0.15, 0.2) is 5.82 Å². The monoisotopic (exact) mass is 120 g/mol. The average molecular weight is 120 g/mol. The van der Waals surface area contributed by atoms with Crippen LogP contribution in [0.5, 0.6) is 0 Å². The minimum absolute atomic E-state index is 0.321. The van der Waals surface area contributed by atoms with E-state index >= 15 is 0 Å². The maximum Gasteiger partial charge on any atom is 0.537 e. The van der Waals surface area contributed by atoms with E-state index < -0.39 is 8.03 Å². The zero-order chi connectivity index (χ0) is 5.70. The Morgan fingerprint density at radius 1 is 1.86 bits per heavy atom. The molecule has 0 aliphatic carbocycles. The van der Waals surface area contributed by atoms with E-state index in [1.165, 1.54) is 6.08 Å². The number of hydrogen-bond acceptors (Lipinski definition) is 2. The van der Waals surface area contributed by atoms with Crippen molar-refractivity contribution < 1.29 is 9.46 Å². The highest BCUT2D eigenvalue weighted by molar-refractivity contribution is 7.41. The Balaban J connectivity index is 3.26. The van der Waals surface area contributed by atoms with Crippen LogP contribution in [-0.4, -0.2) is 11.4 Å². The Labute approximate surface area is 42.7 Å². The van der Waals surface area contributed by atoms with Gasteiger partial charge < -0.3 is 5.73 Å². The third-order valence-corrected chi connectivity index (χ3v) is 0.835. The first-order valence-electron chi connectivity index (χ1n) is 1.79. The molecule has 7 heavy (non-hydrogen) atoms. The molecule has 1 atom stereocenters. The summed E-state index contributed by atoms with van der Waals surface area (Å²) in [5.41, 5.74) is 4.95. The highest BCUT2D eigenvalue weighted by Gasteiger charge is 1.97. The molecule has 0 aliphatic heterocycles. The molecular weight excluding hydrogens is 113 g/mol. The van der Waals surface area contributed by atoms with E-state index in [0.717, 1.165) is 5.82 Å². The van der Waals surface area contributed by atoms with Crippen molar-refractivity contribution in [3.05, 3.63) is 11.9 Å². The van der Waals surface area contributed by atoms with Crippen LogP contribution in [0.4, 0.5) is 0 Å². The largest absolute Gasteiger partial charge is 0.537 e. The highest BCUT2D eigenvalue weighted by Crippen LogP contribution is 2.12. The summed E-state index contributed by atoms with van der Waals surface area (Å²) in [5, 5.41) is 0. The molecule has 4 heteroatoms. The first-order chi connectivity index (χ1) is 3.27. The molecule has 0 amide bonds. The smallest absolute Gasteiger partial charge is 0.327 e. The lowest BCUT2D eigenvalue weighted by atomic mass is 10.7. The van der Waals surface area contributed by atoms with Gasteiger partial charge >= 0.3 is 8.03 Å². The fourth-order valence-electron chi connectivity index (χ4n) is 0.151. The Kier molecular flexibility index (Phi) is 3.80. The van der Waals surface area contributed by atoms with Crippen molar-refractivity contribution in [2.24, 2.45) is 5.73 Å². The quantitative estimate of drug-likeness (QED) is 0.511. The summed E-state index contributed by atoms with van der Waals surface area (Å²) in [7, 11) is -2.12. The minimum atomic E-state index is -2.12. The van der Waals surface area contributed by atoms with Gasteiger partial charge in [0.25, 0.3) is 0 Å². The lowest BCUT2D eigenvalue weighted by Crippen LogP contribution is -1.91. The SMILES string of the molecule is NCC=C[P+](=O)O. The molecule has 0 aliphatic rings.